The summed E-state index contributed by atoms with van der Waals surface area (Å²) in [5, 5.41) is 3.40. The van der Waals surface area contributed by atoms with Crippen LogP contribution in [0.5, 0.6) is 0 Å². The zero-order chi connectivity index (χ0) is 13.2. The van der Waals surface area contributed by atoms with Gasteiger partial charge in [-0.25, -0.2) is 0 Å². The van der Waals surface area contributed by atoms with Crippen molar-refractivity contribution in [3.05, 3.63) is 29.3 Å². The molecule has 0 saturated carbocycles. The van der Waals surface area contributed by atoms with Crippen LogP contribution in [0.25, 0.3) is 0 Å². The van der Waals surface area contributed by atoms with E-state index in [9.17, 15) is 4.79 Å². The molecular weight excluding hydrogens is 272 g/mol. The fraction of sp³-hybridized carbons (Fsp3) is 0.562. The molecule has 1 aromatic carbocycles. The Labute approximate surface area is 127 Å². The number of benzene rings is 1. The summed E-state index contributed by atoms with van der Waals surface area (Å²) in [6.45, 7) is 4.12. The number of amides is 1. The molecule has 0 spiro atoms. The van der Waals surface area contributed by atoms with Crippen LogP contribution < -0.4 is 5.32 Å². The van der Waals surface area contributed by atoms with Gasteiger partial charge in [0, 0.05) is 30.4 Å². The number of nitrogens with one attached hydrogen (secondary N) is 1. The van der Waals surface area contributed by atoms with Crippen molar-refractivity contribution in [1.82, 2.24) is 4.90 Å². The molecule has 0 bridgehead atoms. The number of fused-ring (bicyclic) bond motifs is 1. The number of rotatable bonds is 2. The van der Waals surface area contributed by atoms with E-state index in [1.165, 1.54) is 5.56 Å². The van der Waals surface area contributed by atoms with Gasteiger partial charge in [-0.2, -0.15) is 0 Å². The van der Waals surface area contributed by atoms with Crippen molar-refractivity contribution >= 4 is 24.0 Å². The Kier molecular flexibility index (Phi) is 4.92. The molecule has 20 heavy (non-hydrogen) atoms. The smallest absolute Gasteiger partial charge is 0.254 e. The van der Waals surface area contributed by atoms with E-state index in [2.05, 4.69) is 23.2 Å². The van der Waals surface area contributed by atoms with Crippen LogP contribution in [0.4, 0.5) is 5.69 Å². The third kappa shape index (κ3) is 2.64. The van der Waals surface area contributed by atoms with Gasteiger partial charge in [0.05, 0.1) is 0 Å². The molecule has 1 amide bonds. The van der Waals surface area contributed by atoms with E-state index in [0.29, 0.717) is 6.04 Å². The van der Waals surface area contributed by atoms with Crippen molar-refractivity contribution in [1.29, 1.82) is 0 Å². The number of carbonyl (C=O) groups excluding carboxylic acids is 1. The second-order valence-corrected chi connectivity index (χ2v) is 5.56. The van der Waals surface area contributed by atoms with Gasteiger partial charge in [0.2, 0.25) is 0 Å². The van der Waals surface area contributed by atoms with Gasteiger partial charge in [0.25, 0.3) is 5.91 Å². The van der Waals surface area contributed by atoms with E-state index >= 15 is 0 Å². The van der Waals surface area contributed by atoms with Crippen LogP contribution in [0.2, 0.25) is 0 Å². The van der Waals surface area contributed by atoms with Crippen molar-refractivity contribution in [2.24, 2.45) is 0 Å². The fourth-order valence-corrected chi connectivity index (χ4v) is 3.39. The standard InChI is InChI=1S/C16H22N2O.ClH/c1-2-12-6-5-11-18(12)16(19)14-7-3-9-15-13(14)8-4-10-17-15;/h3,7,9,12,17H,2,4-6,8,10-11H2,1H3;1H. The maximum Gasteiger partial charge on any atom is 0.254 e. The average molecular weight is 295 g/mol. The van der Waals surface area contributed by atoms with Crippen LogP contribution in [0.15, 0.2) is 18.2 Å². The van der Waals surface area contributed by atoms with E-state index in [1.54, 1.807) is 0 Å². The van der Waals surface area contributed by atoms with E-state index < -0.39 is 0 Å². The molecular formula is C16H23ClN2O. The molecule has 0 aliphatic carbocycles. The second kappa shape index (κ2) is 6.49. The molecule has 110 valence electrons. The second-order valence-electron chi connectivity index (χ2n) is 5.56. The molecule has 3 nitrogen and oxygen atoms in total. The van der Waals surface area contributed by atoms with Crippen LogP contribution in [0, 0.1) is 0 Å². The predicted octanol–water partition coefficient (Wildman–Crippen LogP) is 3.48. The highest BCUT2D eigenvalue weighted by molar-refractivity contribution is 5.97. The molecule has 1 fully saturated rings. The van der Waals surface area contributed by atoms with E-state index in [-0.39, 0.29) is 18.3 Å². The van der Waals surface area contributed by atoms with Gasteiger partial charge in [-0.05, 0) is 49.8 Å². The van der Waals surface area contributed by atoms with Crippen LogP contribution in [-0.4, -0.2) is 29.9 Å². The van der Waals surface area contributed by atoms with Crippen molar-refractivity contribution in [3.8, 4) is 0 Å². The van der Waals surface area contributed by atoms with Crippen molar-refractivity contribution in [2.45, 2.75) is 45.1 Å². The molecule has 4 heteroatoms. The maximum atomic E-state index is 12.8. The molecule has 0 aromatic heterocycles. The zero-order valence-electron chi connectivity index (χ0n) is 12.0. The molecule has 3 rings (SSSR count). The Balaban J connectivity index is 0.00000147. The number of halogens is 1. The van der Waals surface area contributed by atoms with E-state index in [0.717, 1.165) is 56.4 Å². The SMILES string of the molecule is CCC1CCCN1C(=O)c1cccc2c1CCCN2.Cl. The molecule has 1 unspecified atom stereocenters. The Morgan fingerprint density at radius 3 is 3.05 bits per heavy atom. The summed E-state index contributed by atoms with van der Waals surface area (Å²) in [5.41, 5.74) is 3.30. The summed E-state index contributed by atoms with van der Waals surface area (Å²) in [5.74, 6) is 0.241. The van der Waals surface area contributed by atoms with Gasteiger partial charge in [0.1, 0.15) is 0 Å². The lowest BCUT2D eigenvalue weighted by Crippen LogP contribution is -2.36. The largest absolute Gasteiger partial charge is 0.385 e. The molecule has 2 heterocycles. The topological polar surface area (TPSA) is 32.3 Å². The van der Waals surface area contributed by atoms with E-state index in [4.69, 9.17) is 0 Å². The third-order valence-electron chi connectivity index (χ3n) is 4.43. The first-order chi connectivity index (χ1) is 9.31. The Hall–Kier alpha value is -1.22. The number of likely N-dealkylation sites (tertiary alicyclic amines) is 1. The maximum absolute atomic E-state index is 12.8. The molecule has 2 aliphatic heterocycles. The van der Waals surface area contributed by atoms with Crippen LogP contribution in [0.3, 0.4) is 0 Å². The quantitative estimate of drug-likeness (QED) is 0.906. The van der Waals surface area contributed by atoms with Gasteiger partial charge < -0.3 is 10.2 Å². The summed E-state index contributed by atoms with van der Waals surface area (Å²) in [7, 11) is 0. The first kappa shape index (κ1) is 15.2. The number of carbonyl (C=O) groups is 1. The van der Waals surface area contributed by atoms with Crippen molar-refractivity contribution in [2.75, 3.05) is 18.4 Å². The number of hydrogen-bond donors (Lipinski definition) is 1. The van der Waals surface area contributed by atoms with Crippen LogP contribution in [-0.2, 0) is 6.42 Å². The minimum absolute atomic E-state index is 0. The lowest BCUT2D eigenvalue weighted by Gasteiger charge is -2.27. The van der Waals surface area contributed by atoms with Gasteiger partial charge in [-0.15, -0.1) is 12.4 Å². The Bertz CT molecular complexity index is 489. The molecule has 1 N–H and O–H groups in total. The van der Waals surface area contributed by atoms with Gasteiger partial charge in [0.15, 0.2) is 0 Å². The lowest BCUT2D eigenvalue weighted by atomic mass is 9.96. The number of nitrogens with zero attached hydrogens (tertiary/aromatic N) is 1. The summed E-state index contributed by atoms with van der Waals surface area (Å²) in [6.07, 6.45) is 5.52. The molecule has 1 aromatic rings. The fourth-order valence-electron chi connectivity index (χ4n) is 3.39. The minimum Gasteiger partial charge on any atom is -0.385 e. The summed E-state index contributed by atoms with van der Waals surface area (Å²) in [6, 6.07) is 6.53. The Morgan fingerprint density at radius 2 is 2.25 bits per heavy atom. The first-order valence-electron chi connectivity index (χ1n) is 7.48. The first-order valence-corrected chi connectivity index (χ1v) is 7.48. The molecule has 0 radical (unpaired) electrons. The van der Waals surface area contributed by atoms with Crippen LogP contribution >= 0.6 is 12.4 Å². The molecule has 1 atom stereocenters. The van der Waals surface area contributed by atoms with Gasteiger partial charge in [-0.3, -0.25) is 4.79 Å². The van der Waals surface area contributed by atoms with Gasteiger partial charge >= 0.3 is 0 Å². The highest BCUT2D eigenvalue weighted by Gasteiger charge is 2.29. The third-order valence-corrected chi connectivity index (χ3v) is 4.43. The van der Waals surface area contributed by atoms with Gasteiger partial charge in [-0.1, -0.05) is 13.0 Å². The lowest BCUT2D eigenvalue weighted by molar-refractivity contribution is 0.0732. The predicted molar refractivity (Wildman–Crippen MR) is 84.9 cm³/mol. The zero-order valence-corrected chi connectivity index (χ0v) is 12.8. The molecule has 1 saturated heterocycles. The average Bonchev–Trinajstić information content (AvgIpc) is 2.94. The summed E-state index contributed by atoms with van der Waals surface area (Å²) >= 11 is 0. The van der Waals surface area contributed by atoms with Crippen molar-refractivity contribution < 1.29 is 4.79 Å². The summed E-state index contributed by atoms with van der Waals surface area (Å²) in [4.78, 5) is 14.9. The van der Waals surface area contributed by atoms with Crippen LogP contribution in [0.1, 0.15) is 48.5 Å². The van der Waals surface area contributed by atoms with E-state index in [1.807, 2.05) is 12.1 Å². The number of hydrogen-bond acceptors (Lipinski definition) is 2. The summed E-state index contributed by atoms with van der Waals surface area (Å²) < 4.78 is 0. The monoisotopic (exact) mass is 294 g/mol. The molecule has 2 aliphatic rings. The highest BCUT2D eigenvalue weighted by atomic mass is 35.5. The number of anilines is 1. The highest BCUT2D eigenvalue weighted by Crippen LogP contribution is 2.29. The minimum atomic E-state index is 0. The van der Waals surface area contributed by atoms with Crippen molar-refractivity contribution in [3.63, 3.8) is 0 Å². The normalized spacial score (nSPS) is 20.9. The Morgan fingerprint density at radius 1 is 1.40 bits per heavy atom.